The molecule has 232 valence electrons. The van der Waals surface area contributed by atoms with Gasteiger partial charge in [0.25, 0.3) is 5.91 Å². The number of rotatable bonds is 8. The highest BCUT2D eigenvalue weighted by molar-refractivity contribution is 5.96. The fourth-order valence-corrected chi connectivity index (χ4v) is 4.79. The van der Waals surface area contributed by atoms with Gasteiger partial charge in [-0.2, -0.15) is 5.10 Å². The first-order chi connectivity index (χ1) is 20.8. The van der Waals surface area contributed by atoms with Gasteiger partial charge in [-0.05, 0) is 57.3 Å². The van der Waals surface area contributed by atoms with Crippen molar-refractivity contribution in [3.8, 4) is 17.0 Å². The lowest BCUT2D eigenvalue weighted by atomic mass is 10.0. The van der Waals surface area contributed by atoms with Gasteiger partial charge < -0.3 is 20.3 Å². The van der Waals surface area contributed by atoms with Crippen LogP contribution < -0.4 is 15.4 Å². The average molecular weight is 615 g/mol. The molecule has 4 aromatic rings. The maximum Gasteiger partial charge on any atom is 0.573 e. The highest BCUT2D eigenvalue weighted by atomic mass is 19.4. The van der Waals surface area contributed by atoms with Crippen molar-refractivity contribution in [3.63, 3.8) is 0 Å². The number of piperazine rings is 1. The number of ether oxygens (including phenoxy) is 1. The molecule has 3 aromatic heterocycles. The third kappa shape index (κ3) is 7.47. The maximum atomic E-state index is 14.4. The van der Waals surface area contributed by atoms with Crippen LogP contribution in [0.4, 0.5) is 23.4 Å². The number of hydrogen-bond acceptors (Lipinski definition) is 8. The van der Waals surface area contributed by atoms with Crippen molar-refractivity contribution >= 4 is 23.3 Å². The lowest BCUT2D eigenvalue weighted by Crippen LogP contribution is -2.47. The number of carbonyl (C=O) groups is 2. The van der Waals surface area contributed by atoms with Crippen molar-refractivity contribution in [1.82, 2.24) is 34.7 Å². The third-order valence-electron chi connectivity index (χ3n) is 7.19. The Morgan fingerprint density at radius 3 is 2.57 bits per heavy atom. The Kier molecular flexibility index (Phi) is 8.78. The lowest BCUT2D eigenvalue weighted by Gasteiger charge is -2.31. The molecule has 1 aliphatic heterocycles. The number of nitrogens with zero attached hydrogens (tertiary/aromatic N) is 6. The van der Waals surface area contributed by atoms with Gasteiger partial charge in [-0.25, -0.2) is 13.9 Å². The van der Waals surface area contributed by atoms with Crippen LogP contribution in [0.25, 0.3) is 16.9 Å². The predicted octanol–water partition coefficient (Wildman–Crippen LogP) is 3.81. The Hall–Kier alpha value is -4.63. The maximum absolute atomic E-state index is 14.4. The second kappa shape index (κ2) is 12.5. The van der Waals surface area contributed by atoms with E-state index in [1.165, 1.54) is 17.6 Å². The van der Waals surface area contributed by atoms with Gasteiger partial charge in [0.1, 0.15) is 11.6 Å². The van der Waals surface area contributed by atoms with Crippen LogP contribution in [0, 0.1) is 12.7 Å². The summed E-state index contributed by atoms with van der Waals surface area (Å²) in [5.74, 6) is -1.84. The first kappa shape index (κ1) is 30.8. The normalized spacial score (nSPS) is 15.2. The van der Waals surface area contributed by atoms with E-state index in [4.69, 9.17) is 0 Å². The van der Waals surface area contributed by atoms with E-state index in [0.717, 1.165) is 44.4 Å². The molecular formula is C29H30F4N8O3. The van der Waals surface area contributed by atoms with Gasteiger partial charge in [-0.15, -0.1) is 13.2 Å². The Morgan fingerprint density at radius 2 is 1.84 bits per heavy atom. The van der Waals surface area contributed by atoms with Crippen LogP contribution in [0.3, 0.4) is 0 Å². The first-order valence-corrected chi connectivity index (χ1v) is 13.7. The monoisotopic (exact) mass is 614 g/mol. The van der Waals surface area contributed by atoms with E-state index in [1.807, 2.05) is 7.05 Å². The lowest BCUT2D eigenvalue weighted by molar-refractivity contribution is -0.274. The molecule has 0 saturated carbocycles. The van der Waals surface area contributed by atoms with Crippen LogP contribution in [0.5, 0.6) is 5.75 Å². The second-order valence-corrected chi connectivity index (χ2v) is 10.6. The molecule has 0 radical (unpaired) electrons. The molecule has 1 saturated heterocycles. The van der Waals surface area contributed by atoms with Crippen LogP contribution in [0.2, 0.25) is 0 Å². The van der Waals surface area contributed by atoms with Crippen molar-refractivity contribution in [3.05, 3.63) is 71.4 Å². The molecule has 0 spiro atoms. The van der Waals surface area contributed by atoms with E-state index >= 15 is 0 Å². The molecule has 2 N–H and O–H groups in total. The van der Waals surface area contributed by atoms with E-state index in [0.29, 0.717) is 28.4 Å². The van der Waals surface area contributed by atoms with Crippen molar-refractivity contribution in [2.24, 2.45) is 0 Å². The highest BCUT2D eigenvalue weighted by Crippen LogP contribution is 2.28. The summed E-state index contributed by atoms with van der Waals surface area (Å²) in [6.45, 7) is 6.74. The van der Waals surface area contributed by atoms with Gasteiger partial charge in [0.15, 0.2) is 11.5 Å². The molecule has 0 aliphatic carbocycles. The molecule has 1 aromatic carbocycles. The molecule has 44 heavy (non-hydrogen) atoms. The van der Waals surface area contributed by atoms with E-state index in [9.17, 15) is 27.2 Å². The minimum Gasteiger partial charge on any atom is -0.406 e. The summed E-state index contributed by atoms with van der Waals surface area (Å²) in [7, 11) is 2.05. The number of imidazole rings is 1. The second-order valence-electron chi connectivity index (χ2n) is 10.6. The van der Waals surface area contributed by atoms with Gasteiger partial charge in [0.05, 0.1) is 35.7 Å². The van der Waals surface area contributed by atoms with Crippen molar-refractivity contribution in [1.29, 1.82) is 0 Å². The minimum absolute atomic E-state index is 0.168. The van der Waals surface area contributed by atoms with Gasteiger partial charge in [0, 0.05) is 43.5 Å². The van der Waals surface area contributed by atoms with Crippen molar-refractivity contribution < 1.29 is 31.9 Å². The number of amides is 2. The minimum atomic E-state index is -4.95. The molecule has 0 bridgehead atoms. The van der Waals surface area contributed by atoms with E-state index < -0.39 is 29.9 Å². The number of aryl methyl sites for hydroxylation is 1. The predicted molar refractivity (Wildman–Crippen MR) is 152 cm³/mol. The van der Waals surface area contributed by atoms with Gasteiger partial charge >= 0.3 is 6.36 Å². The Bertz CT molecular complexity index is 1690. The molecular weight excluding hydrogens is 584 g/mol. The Labute approximate surface area is 249 Å². The molecule has 2 amide bonds. The summed E-state index contributed by atoms with van der Waals surface area (Å²) < 4.78 is 57.7. The average Bonchev–Trinajstić information content (AvgIpc) is 3.36. The molecule has 1 atom stereocenters. The number of carbonyl (C=O) groups excluding carboxylic acids is 2. The van der Waals surface area contributed by atoms with Gasteiger partial charge in [0.2, 0.25) is 5.91 Å². The molecule has 15 heteroatoms. The number of benzene rings is 1. The summed E-state index contributed by atoms with van der Waals surface area (Å²) >= 11 is 0. The number of pyridine rings is 1. The highest BCUT2D eigenvalue weighted by Gasteiger charge is 2.31. The number of hydrogen-bond donors (Lipinski definition) is 2. The zero-order valence-electron chi connectivity index (χ0n) is 24.2. The zero-order valence-corrected chi connectivity index (χ0v) is 24.2. The van der Waals surface area contributed by atoms with Crippen LogP contribution in [0.15, 0.2) is 48.8 Å². The van der Waals surface area contributed by atoms with Gasteiger partial charge in [-0.1, -0.05) is 0 Å². The SMILES string of the molecule is Cc1ncc(-c2ccc3nc(NC(=O)CN4CCN(C)CC4)cn3n2)cc1C(=O)NC(C)c1cc(OC(F)(F)F)ccc1F. The summed E-state index contributed by atoms with van der Waals surface area (Å²) in [5.41, 5.74) is 1.82. The third-order valence-corrected chi connectivity index (χ3v) is 7.19. The molecule has 11 nitrogen and oxygen atoms in total. The van der Waals surface area contributed by atoms with Crippen LogP contribution >= 0.6 is 0 Å². The topological polar surface area (TPSA) is 117 Å². The summed E-state index contributed by atoms with van der Waals surface area (Å²) in [5, 5.41) is 9.96. The Morgan fingerprint density at radius 1 is 1.09 bits per heavy atom. The fraction of sp³-hybridized carbons (Fsp3) is 0.345. The molecule has 1 fully saturated rings. The van der Waals surface area contributed by atoms with E-state index in [-0.39, 0.29) is 23.6 Å². The number of nitrogens with one attached hydrogen (secondary N) is 2. The van der Waals surface area contributed by atoms with Crippen molar-refractivity contribution in [2.45, 2.75) is 26.3 Å². The fourth-order valence-electron chi connectivity index (χ4n) is 4.79. The van der Waals surface area contributed by atoms with Gasteiger partial charge in [-0.3, -0.25) is 19.5 Å². The van der Waals surface area contributed by atoms with Crippen molar-refractivity contribution in [2.75, 3.05) is 45.1 Å². The number of anilines is 1. The number of likely N-dealkylation sites (N-methyl/N-ethyl adjacent to an activating group) is 1. The van der Waals surface area contributed by atoms with Crippen LogP contribution in [-0.4, -0.2) is 87.3 Å². The van der Waals surface area contributed by atoms with Crippen LogP contribution in [0.1, 0.15) is 34.6 Å². The Balaban J connectivity index is 1.29. The smallest absolute Gasteiger partial charge is 0.406 e. The first-order valence-electron chi connectivity index (χ1n) is 13.7. The number of alkyl halides is 3. The van der Waals surface area contributed by atoms with Crippen LogP contribution in [-0.2, 0) is 4.79 Å². The van der Waals surface area contributed by atoms with E-state index in [2.05, 4.69) is 40.2 Å². The zero-order chi connectivity index (χ0) is 31.6. The largest absolute Gasteiger partial charge is 0.573 e. The molecule has 1 unspecified atom stereocenters. The number of aromatic nitrogens is 4. The quantitative estimate of drug-likeness (QED) is 0.288. The molecule has 5 rings (SSSR count). The standard InChI is InChI=1S/C29H30F4N8O3/c1-17-22(28(43)35-18(2)21-13-20(4-5-23(21)30)44-29(31,32)33)12-19(14-34-17)24-6-7-26-36-25(15-41(26)38-24)37-27(42)16-40-10-8-39(3)9-11-40/h4-7,12-15,18H,8-11,16H2,1-3H3,(H,35,43)(H,37,42). The summed E-state index contributed by atoms with van der Waals surface area (Å²) in [4.78, 5) is 38.7. The number of fused-ring (bicyclic) bond motifs is 1. The summed E-state index contributed by atoms with van der Waals surface area (Å²) in [6, 6.07) is 6.56. The summed E-state index contributed by atoms with van der Waals surface area (Å²) in [6.07, 6.45) is -1.82. The number of halogens is 4. The molecule has 1 aliphatic rings. The van der Waals surface area contributed by atoms with E-state index in [1.54, 1.807) is 31.3 Å². The molecule has 4 heterocycles.